The van der Waals surface area contributed by atoms with Crippen LogP contribution >= 0.6 is 0 Å². The average Bonchev–Trinajstić information content (AvgIpc) is 3.05. The fourth-order valence-electron chi connectivity index (χ4n) is 7.66. The maximum absolute atomic E-state index is 13.9. The Morgan fingerprint density at radius 1 is 0.935 bits per heavy atom. The third-order valence-corrected chi connectivity index (χ3v) is 9.97. The highest BCUT2D eigenvalue weighted by atomic mass is 16.2. The van der Waals surface area contributed by atoms with Gasteiger partial charge in [0.25, 0.3) is 0 Å². The van der Waals surface area contributed by atoms with Gasteiger partial charge in [0.05, 0.1) is 5.52 Å². The maximum atomic E-state index is 13.9. The maximum Gasteiger partial charge on any atom is 0.245 e. The summed E-state index contributed by atoms with van der Waals surface area (Å²) in [6.45, 7) is 5.28. The molecular formula is C36H43N5O5. The van der Waals surface area contributed by atoms with Gasteiger partial charge in [0, 0.05) is 49.2 Å². The SMILES string of the molecule is Cc1cc(=O)c2ccccc2n1CC(=O)N1C[C@@H]2C[C@H](C1)[C@@H]1CCCC(=O)N[C@@H](CCc3ccccc3)C(=O)N[C@H](C)C(=O)N1C2. The van der Waals surface area contributed by atoms with Gasteiger partial charge in [-0.15, -0.1) is 0 Å². The normalized spacial score (nSPS) is 25.6. The number of nitrogens with zero attached hydrogens (tertiary/aromatic N) is 3. The zero-order valence-electron chi connectivity index (χ0n) is 26.6. The standard InChI is InChI=1S/C36H43N5O5/c1-23-17-32(42)28-11-6-7-12-31(28)40(23)22-34(44)39-19-26-18-27(21-39)30-13-8-14-33(43)38-29(16-15-25-9-4-3-5-10-25)35(45)37-24(2)36(46)41(30)20-26/h3-7,9-12,17,24,26-27,29-30H,8,13-16,18-22H2,1-2H3,(H,37,45)(H,38,43)/t24-,26+,27-,29+,30+/m1/s1. The highest BCUT2D eigenvalue weighted by Crippen LogP contribution is 2.36. The number of benzene rings is 2. The molecule has 2 bridgehead atoms. The molecule has 0 radical (unpaired) electrons. The van der Waals surface area contributed by atoms with Crippen LogP contribution in [0.2, 0.25) is 0 Å². The van der Waals surface area contributed by atoms with E-state index in [1.54, 1.807) is 19.1 Å². The lowest BCUT2D eigenvalue weighted by molar-refractivity contribution is -0.148. The van der Waals surface area contributed by atoms with E-state index in [9.17, 15) is 24.0 Å². The number of likely N-dealkylation sites (tertiary alicyclic amines) is 1. The number of nitrogens with one attached hydrogen (secondary N) is 2. The number of carbonyl (C=O) groups is 4. The molecule has 0 saturated carbocycles. The number of aromatic nitrogens is 1. The van der Waals surface area contributed by atoms with Crippen LogP contribution < -0.4 is 16.1 Å². The molecule has 2 aromatic carbocycles. The molecule has 4 amide bonds. The van der Waals surface area contributed by atoms with Gasteiger partial charge in [0.1, 0.15) is 18.6 Å². The van der Waals surface area contributed by atoms with Crippen LogP contribution in [-0.4, -0.2) is 75.8 Å². The van der Waals surface area contributed by atoms with Crippen molar-refractivity contribution in [3.05, 3.63) is 82.1 Å². The van der Waals surface area contributed by atoms with E-state index in [4.69, 9.17) is 0 Å². The first kappa shape index (κ1) is 31.5. The second-order valence-corrected chi connectivity index (χ2v) is 13.2. The van der Waals surface area contributed by atoms with Crippen molar-refractivity contribution in [2.45, 2.75) is 77.0 Å². The van der Waals surface area contributed by atoms with Crippen molar-refractivity contribution in [3.63, 3.8) is 0 Å². The number of hydrogen-bond acceptors (Lipinski definition) is 5. The molecule has 3 aromatic rings. The molecule has 0 spiro atoms. The number of para-hydroxylation sites is 1. The van der Waals surface area contributed by atoms with Crippen LogP contribution in [0.4, 0.5) is 0 Å². The van der Waals surface area contributed by atoms with Crippen LogP contribution in [0.25, 0.3) is 10.9 Å². The number of fused-ring (bicyclic) bond motifs is 5. The van der Waals surface area contributed by atoms with E-state index < -0.39 is 12.1 Å². The Hall–Kier alpha value is -4.47. The predicted molar refractivity (Wildman–Crippen MR) is 175 cm³/mol. The van der Waals surface area contributed by atoms with Gasteiger partial charge in [-0.2, -0.15) is 0 Å². The number of amides is 4. The minimum Gasteiger partial charge on any atom is -0.344 e. The van der Waals surface area contributed by atoms with Crippen LogP contribution in [0.15, 0.2) is 65.5 Å². The van der Waals surface area contributed by atoms with Gasteiger partial charge in [-0.1, -0.05) is 42.5 Å². The molecule has 3 aliphatic heterocycles. The van der Waals surface area contributed by atoms with Gasteiger partial charge in [0.2, 0.25) is 23.6 Å². The molecule has 6 rings (SSSR count). The van der Waals surface area contributed by atoms with Crippen LogP contribution in [-0.2, 0) is 32.1 Å². The van der Waals surface area contributed by atoms with Gasteiger partial charge in [-0.3, -0.25) is 24.0 Å². The van der Waals surface area contributed by atoms with Crippen LogP contribution in [0.3, 0.4) is 0 Å². The van der Waals surface area contributed by atoms with E-state index in [2.05, 4.69) is 10.6 Å². The number of pyridine rings is 1. The molecule has 0 aliphatic carbocycles. The molecule has 4 heterocycles. The molecule has 0 unspecified atom stereocenters. The fourth-order valence-corrected chi connectivity index (χ4v) is 7.66. The molecule has 2 N–H and O–H groups in total. The van der Waals surface area contributed by atoms with E-state index >= 15 is 0 Å². The highest BCUT2D eigenvalue weighted by Gasteiger charge is 2.44. The zero-order valence-corrected chi connectivity index (χ0v) is 26.6. The smallest absolute Gasteiger partial charge is 0.245 e. The fraction of sp³-hybridized carbons (Fsp3) is 0.472. The molecule has 10 heteroatoms. The van der Waals surface area contributed by atoms with Crippen LogP contribution in [0, 0.1) is 18.8 Å². The van der Waals surface area contributed by atoms with Crippen molar-refractivity contribution < 1.29 is 19.2 Å². The molecule has 1 aromatic heterocycles. The number of piperidine rings is 2. The largest absolute Gasteiger partial charge is 0.344 e. The summed E-state index contributed by atoms with van der Waals surface area (Å²) >= 11 is 0. The summed E-state index contributed by atoms with van der Waals surface area (Å²) < 4.78 is 1.91. The van der Waals surface area contributed by atoms with Gasteiger partial charge < -0.3 is 25.0 Å². The van der Waals surface area contributed by atoms with E-state index in [-0.39, 0.29) is 59.9 Å². The molecule has 5 atom stereocenters. The van der Waals surface area contributed by atoms with Crippen molar-refractivity contribution in [1.82, 2.24) is 25.0 Å². The zero-order chi connectivity index (χ0) is 32.4. The minimum absolute atomic E-state index is 0.0129. The first-order valence-electron chi connectivity index (χ1n) is 16.5. The first-order chi connectivity index (χ1) is 22.2. The summed E-state index contributed by atoms with van der Waals surface area (Å²) in [4.78, 5) is 70.4. The third-order valence-electron chi connectivity index (χ3n) is 9.97. The van der Waals surface area contributed by atoms with Crippen molar-refractivity contribution in [3.8, 4) is 0 Å². The Balaban J connectivity index is 1.16. The van der Waals surface area contributed by atoms with Gasteiger partial charge in [0.15, 0.2) is 5.43 Å². The lowest BCUT2D eigenvalue weighted by Crippen LogP contribution is -2.63. The van der Waals surface area contributed by atoms with Crippen molar-refractivity contribution in [1.29, 1.82) is 0 Å². The molecule has 3 fully saturated rings. The summed E-state index contributed by atoms with van der Waals surface area (Å²) in [5.41, 5.74) is 2.50. The predicted octanol–water partition coefficient (Wildman–Crippen LogP) is 2.79. The van der Waals surface area contributed by atoms with Crippen molar-refractivity contribution >= 4 is 34.5 Å². The van der Waals surface area contributed by atoms with Crippen LogP contribution in [0.1, 0.15) is 50.3 Å². The molecule has 46 heavy (non-hydrogen) atoms. The Labute approximate surface area is 269 Å². The van der Waals surface area contributed by atoms with E-state index in [0.29, 0.717) is 50.7 Å². The topological polar surface area (TPSA) is 121 Å². The molecule has 242 valence electrons. The molecule has 3 saturated heterocycles. The molecule has 10 nitrogen and oxygen atoms in total. The van der Waals surface area contributed by atoms with E-state index in [1.807, 2.05) is 69.8 Å². The monoisotopic (exact) mass is 625 g/mol. The summed E-state index contributed by atoms with van der Waals surface area (Å²) in [5.74, 6) is -0.455. The van der Waals surface area contributed by atoms with Crippen molar-refractivity contribution in [2.24, 2.45) is 11.8 Å². The Morgan fingerprint density at radius 3 is 2.50 bits per heavy atom. The second kappa shape index (κ2) is 13.5. The Bertz CT molecular complexity index is 1690. The summed E-state index contributed by atoms with van der Waals surface area (Å²) in [7, 11) is 0. The van der Waals surface area contributed by atoms with Gasteiger partial charge >= 0.3 is 0 Å². The summed E-state index contributed by atoms with van der Waals surface area (Å²) in [6, 6.07) is 17.2. The molecular weight excluding hydrogens is 582 g/mol. The quantitative estimate of drug-likeness (QED) is 0.452. The van der Waals surface area contributed by atoms with Gasteiger partial charge in [-0.05, 0) is 75.5 Å². The van der Waals surface area contributed by atoms with E-state index in [0.717, 1.165) is 23.2 Å². The number of hydrogen-bond donors (Lipinski definition) is 2. The molecule has 3 aliphatic rings. The minimum atomic E-state index is -0.737. The highest BCUT2D eigenvalue weighted by molar-refractivity contribution is 5.92. The second-order valence-electron chi connectivity index (χ2n) is 13.2. The third kappa shape index (κ3) is 6.71. The lowest BCUT2D eigenvalue weighted by Gasteiger charge is -2.51. The first-order valence-corrected chi connectivity index (χ1v) is 16.5. The Kier molecular flexibility index (Phi) is 9.24. The summed E-state index contributed by atoms with van der Waals surface area (Å²) in [6.07, 6.45) is 3.48. The Morgan fingerprint density at radius 2 is 1.70 bits per heavy atom. The van der Waals surface area contributed by atoms with Crippen LogP contribution in [0.5, 0.6) is 0 Å². The van der Waals surface area contributed by atoms with Gasteiger partial charge in [-0.25, -0.2) is 0 Å². The number of carbonyl (C=O) groups excluding carboxylic acids is 4. The average molecular weight is 626 g/mol. The van der Waals surface area contributed by atoms with E-state index in [1.165, 1.54) is 0 Å². The summed E-state index contributed by atoms with van der Waals surface area (Å²) in [5, 5.41) is 6.41. The van der Waals surface area contributed by atoms with Crippen molar-refractivity contribution in [2.75, 3.05) is 19.6 Å². The number of aryl methyl sites for hydroxylation is 2. The number of rotatable bonds is 5. The lowest BCUT2D eigenvalue weighted by atomic mass is 9.77.